The molecule has 19 heavy (non-hydrogen) atoms. The fourth-order valence-electron chi connectivity index (χ4n) is 2.27. The van der Waals surface area contributed by atoms with E-state index in [4.69, 9.17) is 4.74 Å². The first-order chi connectivity index (χ1) is 9.14. The predicted octanol–water partition coefficient (Wildman–Crippen LogP) is 1.81. The number of aromatic nitrogens is 1. The van der Waals surface area contributed by atoms with E-state index in [2.05, 4.69) is 22.5 Å². The van der Waals surface area contributed by atoms with Crippen LogP contribution in [0.1, 0.15) is 37.0 Å². The van der Waals surface area contributed by atoms with Crippen LogP contribution in [0.5, 0.6) is 0 Å². The average Bonchev–Trinajstić information content (AvgIpc) is 2.40. The number of anilines is 1. The zero-order valence-corrected chi connectivity index (χ0v) is 11.5. The zero-order chi connectivity index (χ0) is 13.7. The van der Waals surface area contributed by atoms with Gasteiger partial charge in [0.2, 0.25) is 0 Å². The highest BCUT2D eigenvalue weighted by Crippen LogP contribution is 2.24. The van der Waals surface area contributed by atoms with Crippen molar-refractivity contribution in [3.8, 4) is 0 Å². The topological polar surface area (TPSA) is 63.2 Å². The average molecular weight is 263 g/mol. The van der Waals surface area contributed by atoms with Crippen LogP contribution < -0.4 is 10.6 Å². The summed E-state index contributed by atoms with van der Waals surface area (Å²) in [5.41, 5.74) is 0.477. The first kappa shape index (κ1) is 13.8. The molecule has 0 aromatic carbocycles. The Kier molecular flexibility index (Phi) is 4.37. The van der Waals surface area contributed by atoms with Crippen molar-refractivity contribution in [1.82, 2.24) is 10.3 Å². The fraction of sp³-hybridized carbons (Fsp3) is 0.571. The van der Waals surface area contributed by atoms with Crippen LogP contribution >= 0.6 is 0 Å². The Bertz CT molecular complexity index is 442. The van der Waals surface area contributed by atoms with Crippen molar-refractivity contribution in [2.75, 3.05) is 25.0 Å². The van der Waals surface area contributed by atoms with Crippen molar-refractivity contribution in [2.24, 2.45) is 0 Å². The molecule has 0 amide bonds. The van der Waals surface area contributed by atoms with Crippen molar-refractivity contribution in [3.63, 3.8) is 0 Å². The number of piperidine rings is 1. The number of rotatable bonds is 4. The van der Waals surface area contributed by atoms with E-state index in [0.717, 1.165) is 25.9 Å². The van der Waals surface area contributed by atoms with Gasteiger partial charge in [-0.2, -0.15) is 0 Å². The van der Waals surface area contributed by atoms with Gasteiger partial charge in [-0.1, -0.05) is 0 Å². The van der Waals surface area contributed by atoms with Crippen molar-refractivity contribution < 1.29 is 9.53 Å². The van der Waals surface area contributed by atoms with Gasteiger partial charge in [-0.3, -0.25) is 0 Å². The molecule has 1 aromatic rings. The lowest BCUT2D eigenvalue weighted by Gasteiger charge is -2.35. The van der Waals surface area contributed by atoms with E-state index in [-0.39, 0.29) is 11.5 Å². The van der Waals surface area contributed by atoms with E-state index < -0.39 is 0 Å². The Morgan fingerprint density at radius 1 is 1.53 bits per heavy atom. The zero-order valence-electron chi connectivity index (χ0n) is 11.5. The van der Waals surface area contributed by atoms with Crippen molar-refractivity contribution in [2.45, 2.75) is 32.2 Å². The number of carbonyl (C=O) groups excluding carboxylic acids is 1. The lowest BCUT2D eigenvalue weighted by molar-refractivity contribution is 0.0527. The quantitative estimate of drug-likeness (QED) is 0.811. The number of nitrogens with zero attached hydrogens (tertiary/aromatic N) is 1. The smallest absolute Gasteiger partial charge is 0.341 e. The molecule has 104 valence electrons. The molecule has 1 fully saturated rings. The summed E-state index contributed by atoms with van der Waals surface area (Å²) in [4.78, 5) is 16.2. The molecule has 5 nitrogen and oxygen atoms in total. The molecule has 0 saturated carbocycles. The third-order valence-corrected chi connectivity index (χ3v) is 3.43. The van der Waals surface area contributed by atoms with Gasteiger partial charge < -0.3 is 15.4 Å². The highest BCUT2D eigenvalue weighted by atomic mass is 16.5. The van der Waals surface area contributed by atoms with Gasteiger partial charge >= 0.3 is 5.97 Å². The number of esters is 1. The molecule has 1 aromatic heterocycles. The maximum Gasteiger partial charge on any atom is 0.341 e. The number of carbonyl (C=O) groups is 1. The molecule has 0 atom stereocenters. The van der Waals surface area contributed by atoms with Crippen LogP contribution in [0.3, 0.4) is 0 Å². The molecule has 0 unspecified atom stereocenters. The number of nitrogens with one attached hydrogen (secondary N) is 2. The summed E-state index contributed by atoms with van der Waals surface area (Å²) >= 11 is 0. The largest absolute Gasteiger partial charge is 0.462 e. The van der Waals surface area contributed by atoms with Gasteiger partial charge in [0.05, 0.1) is 6.61 Å². The second-order valence-electron chi connectivity index (χ2n) is 5.06. The SMILES string of the molecule is CCOC(=O)c1cccnc1NC1(C)CCNCC1. The maximum absolute atomic E-state index is 11.9. The third kappa shape index (κ3) is 3.44. The molecule has 2 rings (SSSR count). The number of hydrogen-bond acceptors (Lipinski definition) is 5. The molecule has 0 radical (unpaired) electrons. The molecular weight excluding hydrogens is 242 g/mol. The summed E-state index contributed by atoms with van der Waals surface area (Å²) < 4.78 is 5.06. The van der Waals surface area contributed by atoms with E-state index >= 15 is 0 Å². The monoisotopic (exact) mass is 263 g/mol. The van der Waals surface area contributed by atoms with Gasteiger partial charge in [0.25, 0.3) is 0 Å². The van der Waals surface area contributed by atoms with E-state index in [9.17, 15) is 4.79 Å². The van der Waals surface area contributed by atoms with Gasteiger partial charge in [-0.15, -0.1) is 0 Å². The number of ether oxygens (including phenoxy) is 1. The highest BCUT2D eigenvalue weighted by Gasteiger charge is 2.28. The Labute approximate surface area is 113 Å². The predicted molar refractivity (Wildman–Crippen MR) is 74.3 cm³/mol. The van der Waals surface area contributed by atoms with E-state index in [0.29, 0.717) is 18.0 Å². The summed E-state index contributed by atoms with van der Waals surface area (Å²) in [5, 5.41) is 6.74. The molecule has 0 aliphatic carbocycles. The van der Waals surface area contributed by atoms with Gasteiger partial charge in [0, 0.05) is 11.7 Å². The minimum absolute atomic E-state index is 0.0269. The molecule has 1 aliphatic heterocycles. The van der Waals surface area contributed by atoms with Crippen molar-refractivity contribution >= 4 is 11.8 Å². The summed E-state index contributed by atoms with van der Waals surface area (Å²) in [7, 11) is 0. The Balaban J connectivity index is 2.17. The van der Waals surface area contributed by atoms with Gasteiger partial charge in [0.15, 0.2) is 0 Å². The summed E-state index contributed by atoms with van der Waals surface area (Å²) in [6.07, 6.45) is 3.70. The Morgan fingerprint density at radius 2 is 2.26 bits per heavy atom. The van der Waals surface area contributed by atoms with Crippen LogP contribution in [0.2, 0.25) is 0 Å². The van der Waals surface area contributed by atoms with Gasteiger partial charge in [-0.25, -0.2) is 9.78 Å². The van der Waals surface area contributed by atoms with Crippen molar-refractivity contribution in [1.29, 1.82) is 0 Å². The lowest BCUT2D eigenvalue weighted by atomic mass is 9.90. The molecule has 2 heterocycles. The molecule has 1 aliphatic rings. The minimum atomic E-state index is -0.323. The molecule has 2 N–H and O–H groups in total. The first-order valence-electron chi connectivity index (χ1n) is 6.76. The third-order valence-electron chi connectivity index (χ3n) is 3.43. The summed E-state index contributed by atoms with van der Waals surface area (Å²) in [6.45, 7) is 6.29. The fourth-order valence-corrected chi connectivity index (χ4v) is 2.27. The van der Waals surface area contributed by atoms with Crippen LogP contribution in [0.25, 0.3) is 0 Å². The number of hydrogen-bond donors (Lipinski definition) is 2. The van der Waals surface area contributed by atoms with Crippen LogP contribution in [0.15, 0.2) is 18.3 Å². The molecule has 1 saturated heterocycles. The van der Waals surface area contributed by atoms with Crippen LogP contribution in [-0.4, -0.2) is 36.2 Å². The summed E-state index contributed by atoms with van der Waals surface area (Å²) in [5.74, 6) is 0.293. The van der Waals surface area contributed by atoms with Crippen LogP contribution in [0.4, 0.5) is 5.82 Å². The molecular formula is C14H21N3O2. The minimum Gasteiger partial charge on any atom is -0.462 e. The maximum atomic E-state index is 11.9. The first-order valence-corrected chi connectivity index (χ1v) is 6.76. The standard InChI is InChI=1S/C14H21N3O2/c1-3-19-13(18)11-5-4-8-16-12(11)17-14(2)6-9-15-10-7-14/h4-5,8,15H,3,6-7,9-10H2,1-2H3,(H,16,17). The molecule has 5 heteroatoms. The van der Waals surface area contributed by atoms with E-state index in [1.54, 1.807) is 25.3 Å². The summed E-state index contributed by atoms with van der Waals surface area (Å²) in [6, 6.07) is 3.50. The Hall–Kier alpha value is -1.62. The van der Waals surface area contributed by atoms with Gasteiger partial charge in [0.1, 0.15) is 11.4 Å². The normalized spacial score (nSPS) is 17.8. The van der Waals surface area contributed by atoms with Gasteiger partial charge in [-0.05, 0) is 51.9 Å². The van der Waals surface area contributed by atoms with Crippen LogP contribution in [-0.2, 0) is 4.74 Å². The second-order valence-corrected chi connectivity index (χ2v) is 5.06. The highest BCUT2D eigenvalue weighted by molar-refractivity contribution is 5.94. The van der Waals surface area contributed by atoms with Crippen molar-refractivity contribution in [3.05, 3.63) is 23.9 Å². The Morgan fingerprint density at radius 3 is 2.95 bits per heavy atom. The van der Waals surface area contributed by atoms with E-state index in [1.807, 2.05) is 0 Å². The van der Waals surface area contributed by atoms with Crippen LogP contribution in [0, 0.1) is 0 Å². The molecule has 0 bridgehead atoms. The second kappa shape index (κ2) is 6.02. The molecule has 0 spiro atoms. The van der Waals surface area contributed by atoms with E-state index in [1.165, 1.54) is 0 Å². The lowest BCUT2D eigenvalue weighted by Crippen LogP contribution is -2.45. The number of pyridine rings is 1.